The molecule has 1 aromatic rings. The fraction of sp³-hybridized carbons (Fsp3) is 0.800. The van der Waals surface area contributed by atoms with Crippen LogP contribution in [0.4, 0.5) is 5.13 Å². The molecule has 15 heavy (non-hydrogen) atoms. The first-order valence-corrected chi connectivity index (χ1v) is 6.28. The minimum Gasteiger partial charge on any atom is -0.381 e. The van der Waals surface area contributed by atoms with E-state index < -0.39 is 0 Å². The Morgan fingerprint density at radius 2 is 2.47 bits per heavy atom. The lowest BCUT2D eigenvalue weighted by molar-refractivity contribution is 0.183. The molecular weight excluding hydrogens is 210 g/mol. The first kappa shape index (κ1) is 10.8. The molecule has 2 heterocycles. The van der Waals surface area contributed by atoms with E-state index in [0.29, 0.717) is 12.0 Å². The smallest absolute Gasteiger partial charge is 0.205 e. The normalized spacial score (nSPS) is 22.9. The van der Waals surface area contributed by atoms with E-state index in [9.17, 15) is 0 Å². The van der Waals surface area contributed by atoms with E-state index in [1.165, 1.54) is 0 Å². The van der Waals surface area contributed by atoms with Crippen LogP contribution in [-0.2, 0) is 11.2 Å². The maximum atomic E-state index is 5.37. The fourth-order valence-corrected chi connectivity index (χ4v) is 2.49. The standard InChI is InChI=1S/C10H17N3OS/c1-3-9-12-13-10(15-9)11-7(2)8-4-5-14-6-8/h7-8H,3-6H2,1-2H3,(H,11,13). The second-order valence-corrected chi connectivity index (χ2v) is 4.97. The summed E-state index contributed by atoms with van der Waals surface area (Å²) in [6.45, 7) is 6.05. The predicted octanol–water partition coefficient (Wildman–Crippen LogP) is 1.94. The largest absolute Gasteiger partial charge is 0.381 e. The van der Waals surface area contributed by atoms with Gasteiger partial charge in [-0.1, -0.05) is 18.3 Å². The number of nitrogens with zero attached hydrogens (tertiary/aromatic N) is 2. The first-order valence-electron chi connectivity index (χ1n) is 5.46. The van der Waals surface area contributed by atoms with Gasteiger partial charge in [-0.15, -0.1) is 10.2 Å². The molecule has 1 N–H and O–H groups in total. The van der Waals surface area contributed by atoms with Crippen molar-refractivity contribution in [3.05, 3.63) is 5.01 Å². The molecule has 5 heteroatoms. The summed E-state index contributed by atoms with van der Waals surface area (Å²) in [4.78, 5) is 0. The summed E-state index contributed by atoms with van der Waals surface area (Å²) >= 11 is 1.65. The molecular formula is C10H17N3OS. The monoisotopic (exact) mass is 227 g/mol. The summed E-state index contributed by atoms with van der Waals surface area (Å²) in [6.07, 6.45) is 2.11. The Balaban J connectivity index is 1.89. The van der Waals surface area contributed by atoms with E-state index in [4.69, 9.17) is 4.74 Å². The SMILES string of the molecule is CCc1nnc(NC(C)C2CCOC2)s1. The van der Waals surface area contributed by atoms with Crippen molar-refractivity contribution in [2.24, 2.45) is 5.92 Å². The van der Waals surface area contributed by atoms with Gasteiger partial charge in [-0.05, 0) is 19.8 Å². The van der Waals surface area contributed by atoms with Crippen molar-refractivity contribution in [1.82, 2.24) is 10.2 Å². The van der Waals surface area contributed by atoms with Crippen molar-refractivity contribution in [3.63, 3.8) is 0 Å². The van der Waals surface area contributed by atoms with Gasteiger partial charge in [0.25, 0.3) is 0 Å². The Hall–Kier alpha value is -0.680. The number of anilines is 1. The third kappa shape index (κ3) is 2.66. The molecule has 0 spiro atoms. The third-order valence-corrected chi connectivity index (χ3v) is 3.79. The number of aryl methyl sites for hydroxylation is 1. The van der Waals surface area contributed by atoms with Crippen LogP contribution in [0.2, 0.25) is 0 Å². The van der Waals surface area contributed by atoms with E-state index in [1.54, 1.807) is 11.3 Å². The lowest BCUT2D eigenvalue weighted by Gasteiger charge is -2.17. The van der Waals surface area contributed by atoms with E-state index >= 15 is 0 Å². The molecule has 0 radical (unpaired) electrons. The summed E-state index contributed by atoms with van der Waals surface area (Å²) in [5.74, 6) is 0.610. The molecule has 1 aliphatic heterocycles. The van der Waals surface area contributed by atoms with Crippen LogP contribution in [0.15, 0.2) is 0 Å². The molecule has 0 saturated carbocycles. The van der Waals surface area contributed by atoms with E-state index in [1.807, 2.05) is 0 Å². The lowest BCUT2D eigenvalue weighted by atomic mass is 10.0. The highest BCUT2D eigenvalue weighted by molar-refractivity contribution is 7.15. The predicted molar refractivity (Wildman–Crippen MR) is 61.3 cm³/mol. The highest BCUT2D eigenvalue weighted by Gasteiger charge is 2.22. The minimum absolute atomic E-state index is 0.421. The van der Waals surface area contributed by atoms with Gasteiger partial charge in [0.1, 0.15) is 5.01 Å². The number of hydrogen-bond acceptors (Lipinski definition) is 5. The van der Waals surface area contributed by atoms with Gasteiger partial charge in [-0.2, -0.15) is 0 Å². The van der Waals surface area contributed by atoms with Crippen molar-refractivity contribution < 1.29 is 4.74 Å². The quantitative estimate of drug-likeness (QED) is 0.854. The fourth-order valence-electron chi connectivity index (χ4n) is 1.71. The number of rotatable bonds is 4. The molecule has 1 fully saturated rings. The van der Waals surface area contributed by atoms with E-state index in [2.05, 4.69) is 29.4 Å². The van der Waals surface area contributed by atoms with Crippen LogP contribution < -0.4 is 5.32 Å². The summed E-state index contributed by atoms with van der Waals surface area (Å²) in [5, 5.41) is 13.6. The van der Waals surface area contributed by atoms with Crippen molar-refractivity contribution in [2.75, 3.05) is 18.5 Å². The second-order valence-electron chi connectivity index (χ2n) is 3.91. The highest BCUT2D eigenvalue weighted by atomic mass is 32.1. The van der Waals surface area contributed by atoms with Gasteiger partial charge in [0, 0.05) is 18.6 Å². The first-order chi connectivity index (χ1) is 7.29. The zero-order valence-corrected chi connectivity index (χ0v) is 10.0. The maximum Gasteiger partial charge on any atom is 0.205 e. The molecule has 0 aliphatic carbocycles. The molecule has 2 rings (SSSR count). The van der Waals surface area contributed by atoms with Crippen molar-refractivity contribution in [1.29, 1.82) is 0 Å². The van der Waals surface area contributed by atoms with Gasteiger partial charge in [-0.3, -0.25) is 0 Å². The Labute approximate surface area is 94.1 Å². The zero-order valence-electron chi connectivity index (χ0n) is 9.19. The molecule has 1 saturated heterocycles. The van der Waals surface area contributed by atoms with Gasteiger partial charge in [0.2, 0.25) is 5.13 Å². The molecule has 1 aromatic heterocycles. The van der Waals surface area contributed by atoms with Crippen LogP contribution in [0.5, 0.6) is 0 Å². The highest BCUT2D eigenvalue weighted by Crippen LogP contribution is 2.22. The molecule has 1 aliphatic rings. The van der Waals surface area contributed by atoms with Crippen LogP contribution in [0.1, 0.15) is 25.3 Å². The van der Waals surface area contributed by atoms with Gasteiger partial charge in [0.05, 0.1) is 6.61 Å². The molecule has 4 nitrogen and oxygen atoms in total. The van der Waals surface area contributed by atoms with Crippen LogP contribution in [0.3, 0.4) is 0 Å². The summed E-state index contributed by atoms with van der Waals surface area (Å²) in [5.41, 5.74) is 0. The Kier molecular flexibility index (Phi) is 3.53. The average molecular weight is 227 g/mol. The summed E-state index contributed by atoms with van der Waals surface area (Å²) in [6, 6.07) is 0.421. The minimum atomic E-state index is 0.421. The summed E-state index contributed by atoms with van der Waals surface area (Å²) in [7, 11) is 0. The molecule has 2 atom stereocenters. The van der Waals surface area contributed by atoms with Crippen molar-refractivity contribution in [3.8, 4) is 0 Å². The van der Waals surface area contributed by atoms with E-state index in [0.717, 1.165) is 36.2 Å². The van der Waals surface area contributed by atoms with Crippen LogP contribution >= 0.6 is 11.3 Å². The Bertz CT molecular complexity index is 309. The Morgan fingerprint density at radius 3 is 3.07 bits per heavy atom. The number of nitrogens with one attached hydrogen (secondary N) is 1. The Morgan fingerprint density at radius 1 is 1.60 bits per heavy atom. The van der Waals surface area contributed by atoms with Crippen molar-refractivity contribution >= 4 is 16.5 Å². The second kappa shape index (κ2) is 4.90. The van der Waals surface area contributed by atoms with Gasteiger partial charge >= 0.3 is 0 Å². The van der Waals surface area contributed by atoms with Crippen molar-refractivity contribution in [2.45, 2.75) is 32.7 Å². The van der Waals surface area contributed by atoms with Crippen LogP contribution in [0.25, 0.3) is 0 Å². The maximum absolute atomic E-state index is 5.37. The molecule has 0 bridgehead atoms. The molecule has 84 valence electrons. The zero-order chi connectivity index (χ0) is 10.7. The average Bonchev–Trinajstić information content (AvgIpc) is 2.87. The third-order valence-electron chi connectivity index (χ3n) is 2.79. The molecule has 0 aromatic carbocycles. The van der Waals surface area contributed by atoms with Crippen LogP contribution in [-0.4, -0.2) is 29.5 Å². The number of aromatic nitrogens is 2. The van der Waals surface area contributed by atoms with E-state index in [-0.39, 0.29) is 0 Å². The molecule has 0 amide bonds. The van der Waals surface area contributed by atoms with Gasteiger partial charge < -0.3 is 10.1 Å². The number of ether oxygens (including phenoxy) is 1. The van der Waals surface area contributed by atoms with Crippen LogP contribution in [0, 0.1) is 5.92 Å². The lowest BCUT2D eigenvalue weighted by Crippen LogP contribution is -2.25. The number of hydrogen-bond donors (Lipinski definition) is 1. The summed E-state index contributed by atoms with van der Waals surface area (Å²) < 4.78 is 5.37. The van der Waals surface area contributed by atoms with Gasteiger partial charge in [0.15, 0.2) is 0 Å². The van der Waals surface area contributed by atoms with Gasteiger partial charge in [-0.25, -0.2) is 0 Å². The molecule has 2 unspecified atom stereocenters. The topological polar surface area (TPSA) is 47.0 Å².